The maximum Gasteiger partial charge on any atom is 0.266 e. The van der Waals surface area contributed by atoms with Gasteiger partial charge in [0.15, 0.2) is 0 Å². The third kappa shape index (κ3) is 2.21. The van der Waals surface area contributed by atoms with Gasteiger partial charge in [-0.1, -0.05) is 34.5 Å². The first-order valence-corrected chi connectivity index (χ1v) is 6.42. The average molecular weight is 269 g/mol. The number of hydrogen-bond acceptors (Lipinski definition) is 6. The monoisotopic (exact) mass is 269 g/mol. The lowest BCUT2D eigenvalue weighted by Gasteiger charge is -2.10. The van der Waals surface area contributed by atoms with E-state index in [0.717, 1.165) is 0 Å². The van der Waals surface area contributed by atoms with E-state index in [1.807, 2.05) is 0 Å². The van der Waals surface area contributed by atoms with Crippen molar-refractivity contribution in [3.63, 3.8) is 0 Å². The number of hydrogen-bond donors (Lipinski definition) is 0. The minimum absolute atomic E-state index is 0.0945. The van der Waals surface area contributed by atoms with Gasteiger partial charge < -0.3 is 0 Å². The Morgan fingerprint density at radius 1 is 1.62 bits per heavy atom. The molecule has 0 bridgehead atoms. The van der Waals surface area contributed by atoms with Gasteiger partial charge >= 0.3 is 0 Å². The third-order valence-corrected chi connectivity index (χ3v) is 3.74. The van der Waals surface area contributed by atoms with E-state index in [4.69, 9.17) is 12.2 Å². The number of thioether (sulfide) groups is 1. The second-order valence-electron chi connectivity index (χ2n) is 2.91. The van der Waals surface area contributed by atoms with Crippen LogP contribution in [0.5, 0.6) is 0 Å². The summed E-state index contributed by atoms with van der Waals surface area (Å²) >= 11 is 7.63. The van der Waals surface area contributed by atoms with Crippen molar-refractivity contribution in [2.24, 2.45) is 0 Å². The van der Waals surface area contributed by atoms with Crippen molar-refractivity contribution in [3.05, 3.63) is 28.6 Å². The molecule has 1 aromatic rings. The van der Waals surface area contributed by atoms with Crippen LogP contribution in [-0.2, 0) is 4.79 Å². The van der Waals surface area contributed by atoms with E-state index in [-0.39, 0.29) is 5.91 Å². The van der Waals surface area contributed by atoms with Gasteiger partial charge in [0.25, 0.3) is 5.91 Å². The Kier molecular flexibility index (Phi) is 3.47. The zero-order valence-corrected chi connectivity index (χ0v) is 10.6. The lowest BCUT2D eigenvalue weighted by molar-refractivity contribution is -0.121. The molecule has 2 rings (SSSR count). The molecule has 1 saturated heterocycles. The molecular formula is C9H7N3OS3. The number of amides is 1. The first kappa shape index (κ1) is 11.4. The second kappa shape index (κ2) is 4.86. The minimum atomic E-state index is -0.0945. The molecule has 4 nitrogen and oxygen atoms in total. The predicted octanol–water partition coefficient (Wildman–Crippen LogP) is 1.93. The molecule has 0 unspecified atom stereocenters. The van der Waals surface area contributed by atoms with Crippen LogP contribution >= 0.6 is 35.5 Å². The largest absolute Gasteiger partial charge is 0.289 e. The predicted molar refractivity (Wildman–Crippen MR) is 70.0 cm³/mol. The molecule has 16 heavy (non-hydrogen) atoms. The maximum atomic E-state index is 11.9. The van der Waals surface area contributed by atoms with Gasteiger partial charge in [-0.15, -0.1) is 11.7 Å². The summed E-state index contributed by atoms with van der Waals surface area (Å²) in [6, 6.07) is 0. The van der Waals surface area contributed by atoms with Crippen LogP contribution < -0.4 is 0 Å². The van der Waals surface area contributed by atoms with Gasteiger partial charge in [0.05, 0.1) is 10.6 Å². The van der Waals surface area contributed by atoms with E-state index in [2.05, 4.69) is 16.2 Å². The minimum Gasteiger partial charge on any atom is -0.289 e. The standard InChI is InChI=1S/C9H7N3OS3/c1-2-3-12-8(13)7(16-9(12)14)4-6-5-15-11-10-6/h2,4-5H,1,3H2/b7-4+. The Labute approximate surface area is 106 Å². The number of aromatic nitrogens is 2. The fourth-order valence-electron chi connectivity index (χ4n) is 1.16. The highest BCUT2D eigenvalue weighted by atomic mass is 32.2. The van der Waals surface area contributed by atoms with Crippen LogP contribution in [0.25, 0.3) is 6.08 Å². The van der Waals surface area contributed by atoms with Crippen molar-refractivity contribution >= 4 is 51.8 Å². The van der Waals surface area contributed by atoms with E-state index in [9.17, 15) is 4.79 Å². The number of rotatable bonds is 3. The van der Waals surface area contributed by atoms with E-state index in [1.165, 1.54) is 28.2 Å². The molecule has 1 aliphatic heterocycles. The molecule has 0 spiro atoms. The molecule has 0 aromatic carbocycles. The average Bonchev–Trinajstić information content (AvgIpc) is 2.84. The highest BCUT2D eigenvalue weighted by Crippen LogP contribution is 2.32. The molecule has 1 aliphatic rings. The third-order valence-electron chi connectivity index (χ3n) is 1.84. The van der Waals surface area contributed by atoms with Crippen molar-refractivity contribution in [1.29, 1.82) is 0 Å². The van der Waals surface area contributed by atoms with Gasteiger partial charge in [0.1, 0.15) is 4.32 Å². The molecule has 1 aromatic heterocycles. The molecule has 0 atom stereocenters. The Balaban J connectivity index is 2.23. The summed E-state index contributed by atoms with van der Waals surface area (Å²) < 4.78 is 4.28. The number of thiocarbonyl (C=S) groups is 1. The van der Waals surface area contributed by atoms with Crippen molar-refractivity contribution in [3.8, 4) is 0 Å². The summed E-state index contributed by atoms with van der Waals surface area (Å²) in [7, 11) is 0. The van der Waals surface area contributed by atoms with Crippen LogP contribution in [0.15, 0.2) is 22.9 Å². The molecule has 2 heterocycles. The fourth-order valence-corrected chi connectivity index (χ4v) is 2.83. The van der Waals surface area contributed by atoms with Crippen LogP contribution in [0.2, 0.25) is 0 Å². The van der Waals surface area contributed by atoms with Crippen LogP contribution in [-0.4, -0.2) is 31.3 Å². The quantitative estimate of drug-likeness (QED) is 0.476. The highest BCUT2D eigenvalue weighted by molar-refractivity contribution is 8.26. The van der Waals surface area contributed by atoms with Gasteiger partial charge in [0, 0.05) is 11.9 Å². The lowest BCUT2D eigenvalue weighted by Crippen LogP contribution is -2.27. The van der Waals surface area contributed by atoms with Crippen LogP contribution in [0.1, 0.15) is 5.69 Å². The SMILES string of the molecule is C=CCN1C(=O)/C(=C\c2csnn2)SC1=S. The van der Waals surface area contributed by atoms with Gasteiger partial charge in [-0.3, -0.25) is 9.69 Å². The molecule has 7 heteroatoms. The summed E-state index contributed by atoms with van der Waals surface area (Å²) in [4.78, 5) is 14.0. The van der Waals surface area contributed by atoms with Crippen molar-refractivity contribution in [1.82, 2.24) is 14.5 Å². The zero-order valence-electron chi connectivity index (χ0n) is 8.12. The first-order valence-electron chi connectivity index (χ1n) is 4.35. The summed E-state index contributed by atoms with van der Waals surface area (Å²) in [6.07, 6.45) is 3.35. The van der Waals surface area contributed by atoms with Crippen molar-refractivity contribution < 1.29 is 4.79 Å². The van der Waals surface area contributed by atoms with Gasteiger partial charge in [-0.2, -0.15) is 0 Å². The van der Waals surface area contributed by atoms with Crippen LogP contribution in [0, 0.1) is 0 Å². The molecule has 0 N–H and O–H groups in total. The van der Waals surface area contributed by atoms with Gasteiger partial charge in [-0.25, -0.2) is 0 Å². The molecule has 82 valence electrons. The smallest absolute Gasteiger partial charge is 0.266 e. The Morgan fingerprint density at radius 2 is 2.44 bits per heavy atom. The molecule has 0 saturated carbocycles. The lowest BCUT2D eigenvalue weighted by atomic mass is 10.4. The van der Waals surface area contributed by atoms with E-state index in [0.29, 0.717) is 21.5 Å². The Hall–Kier alpha value is -1.05. The summed E-state index contributed by atoms with van der Waals surface area (Å²) in [5.41, 5.74) is 0.684. The number of nitrogens with zero attached hydrogens (tertiary/aromatic N) is 3. The summed E-state index contributed by atoms with van der Waals surface area (Å²) in [5, 5.41) is 5.63. The van der Waals surface area contributed by atoms with E-state index in [1.54, 1.807) is 17.5 Å². The topological polar surface area (TPSA) is 46.1 Å². The van der Waals surface area contributed by atoms with Gasteiger partial charge in [-0.05, 0) is 17.6 Å². The molecule has 1 fully saturated rings. The summed E-state index contributed by atoms with van der Waals surface area (Å²) in [6.45, 7) is 4.03. The second-order valence-corrected chi connectivity index (χ2v) is 5.20. The molecular weight excluding hydrogens is 262 g/mol. The normalized spacial score (nSPS) is 18.5. The van der Waals surface area contributed by atoms with Gasteiger partial charge in [0.2, 0.25) is 0 Å². The highest BCUT2D eigenvalue weighted by Gasteiger charge is 2.31. The van der Waals surface area contributed by atoms with Crippen molar-refractivity contribution in [2.45, 2.75) is 0 Å². The molecule has 0 aliphatic carbocycles. The Morgan fingerprint density at radius 3 is 3.06 bits per heavy atom. The summed E-state index contributed by atoms with van der Waals surface area (Å²) in [5.74, 6) is -0.0945. The first-order chi connectivity index (χ1) is 7.72. The fraction of sp³-hybridized carbons (Fsp3) is 0.111. The van der Waals surface area contributed by atoms with Crippen molar-refractivity contribution in [2.75, 3.05) is 6.54 Å². The molecule has 0 radical (unpaired) electrons. The van der Waals surface area contributed by atoms with Crippen LogP contribution in [0.3, 0.4) is 0 Å². The van der Waals surface area contributed by atoms with E-state index < -0.39 is 0 Å². The zero-order chi connectivity index (χ0) is 11.5. The van der Waals surface area contributed by atoms with Crippen LogP contribution in [0.4, 0.5) is 0 Å². The maximum absolute atomic E-state index is 11.9. The molecule has 1 amide bonds. The Bertz CT molecular complexity index is 466. The van der Waals surface area contributed by atoms with E-state index >= 15 is 0 Å². The number of carbonyl (C=O) groups excluding carboxylic acids is 1. The number of carbonyl (C=O) groups is 1.